The molecule has 1 amide bonds. The maximum Gasteiger partial charge on any atom is 0.307 e. The fraction of sp³-hybridized carbons (Fsp3) is 0.385. The molecule has 7 heteroatoms. The number of carbonyl (C=O) groups excluding carboxylic acids is 2. The van der Waals surface area contributed by atoms with E-state index in [-0.39, 0.29) is 36.2 Å². The largest absolute Gasteiger partial charge is 0.506 e. The van der Waals surface area contributed by atoms with Crippen LogP contribution < -0.4 is 0 Å². The van der Waals surface area contributed by atoms with E-state index in [1.54, 1.807) is 26.1 Å². The van der Waals surface area contributed by atoms with Crippen molar-refractivity contribution >= 4 is 57.1 Å². The van der Waals surface area contributed by atoms with Crippen molar-refractivity contribution in [3.8, 4) is 5.75 Å². The van der Waals surface area contributed by atoms with Crippen molar-refractivity contribution < 1.29 is 19.4 Å². The molecule has 1 rings (SSSR count). The minimum Gasteiger partial charge on any atom is -0.506 e. The molecule has 0 aliphatic heterocycles. The van der Waals surface area contributed by atoms with Crippen LogP contribution >= 0.6 is 45.2 Å². The van der Waals surface area contributed by atoms with Gasteiger partial charge in [-0.3, -0.25) is 9.59 Å². The number of esters is 1. The van der Waals surface area contributed by atoms with Crippen molar-refractivity contribution in [2.75, 3.05) is 20.2 Å². The Labute approximate surface area is 145 Å². The van der Waals surface area contributed by atoms with E-state index in [2.05, 4.69) is 22.6 Å². The van der Waals surface area contributed by atoms with E-state index in [4.69, 9.17) is 4.74 Å². The SMILES string of the molecule is CCOC(=O)CCN(C)C(=O)c1cc(I)cc(I)c1O. The third-order valence-electron chi connectivity index (χ3n) is 2.56. The lowest BCUT2D eigenvalue weighted by atomic mass is 10.1. The molecule has 1 N–H and O–H groups in total. The van der Waals surface area contributed by atoms with E-state index in [0.717, 1.165) is 3.57 Å². The van der Waals surface area contributed by atoms with Gasteiger partial charge in [-0.05, 0) is 64.2 Å². The molecule has 0 fully saturated rings. The molecule has 0 saturated carbocycles. The molecule has 110 valence electrons. The normalized spacial score (nSPS) is 10.2. The fourth-order valence-corrected chi connectivity index (χ4v) is 3.37. The lowest BCUT2D eigenvalue weighted by Gasteiger charge is -2.18. The van der Waals surface area contributed by atoms with Crippen LogP contribution in [-0.2, 0) is 9.53 Å². The molecule has 0 radical (unpaired) electrons. The van der Waals surface area contributed by atoms with Crippen LogP contribution in [0.15, 0.2) is 12.1 Å². The average molecular weight is 503 g/mol. The van der Waals surface area contributed by atoms with E-state index >= 15 is 0 Å². The van der Waals surface area contributed by atoms with Gasteiger partial charge in [0.05, 0.1) is 22.2 Å². The van der Waals surface area contributed by atoms with Crippen LogP contribution in [0, 0.1) is 7.14 Å². The Morgan fingerprint density at radius 3 is 2.60 bits per heavy atom. The Bertz CT molecular complexity index is 519. The molecule has 5 nitrogen and oxygen atoms in total. The number of benzene rings is 1. The van der Waals surface area contributed by atoms with Gasteiger partial charge in [0.15, 0.2) is 0 Å². The first kappa shape index (κ1) is 17.5. The number of halogens is 2. The highest BCUT2D eigenvalue weighted by molar-refractivity contribution is 14.1. The summed E-state index contributed by atoms with van der Waals surface area (Å²) in [5, 5.41) is 9.95. The van der Waals surface area contributed by atoms with Crippen LogP contribution in [0.25, 0.3) is 0 Å². The van der Waals surface area contributed by atoms with Crippen LogP contribution in [0.3, 0.4) is 0 Å². The Kier molecular flexibility index (Phi) is 7.00. The third-order valence-corrected chi connectivity index (χ3v) is 4.01. The summed E-state index contributed by atoms with van der Waals surface area (Å²) in [6, 6.07) is 3.41. The fourth-order valence-electron chi connectivity index (χ4n) is 1.53. The first-order valence-corrected chi connectivity index (χ1v) is 8.11. The Hall–Kier alpha value is -0.580. The molecule has 0 aliphatic rings. The zero-order chi connectivity index (χ0) is 15.3. The van der Waals surface area contributed by atoms with Crippen molar-refractivity contribution in [1.29, 1.82) is 0 Å². The summed E-state index contributed by atoms with van der Waals surface area (Å²) in [6.45, 7) is 2.31. The Morgan fingerprint density at radius 1 is 1.35 bits per heavy atom. The standard InChI is InChI=1S/C13H15I2NO4/c1-3-20-11(17)4-5-16(2)13(19)9-6-8(14)7-10(15)12(9)18/h6-7,18H,3-5H2,1-2H3. The van der Waals surface area contributed by atoms with Crippen LogP contribution in [0.1, 0.15) is 23.7 Å². The zero-order valence-corrected chi connectivity index (χ0v) is 15.5. The first-order chi connectivity index (χ1) is 9.36. The number of phenols is 1. The molecule has 1 aromatic carbocycles. The number of ether oxygens (including phenoxy) is 1. The summed E-state index contributed by atoms with van der Waals surface area (Å²) < 4.78 is 6.30. The highest BCUT2D eigenvalue weighted by Gasteiger charge is 2.19. The minimum absolute atomic E-state index is 0.0287. The monoisotopic (exact) mass is 503 g/mol. The second kappa shape index (κ2) is 8.01. The highest BCUT2D eigenvalue weighted by Crippen LogP contribution is 2.27. The predicted molar refractivity (Wildman–Crippen MR) is 91.8 cm³/mol. The van der Waals surface area contributed by atoms with Crippen molar-refractivity contribution in [3.63, 3.8) is 0 Å². The molecule has 0 unspecified atom stereocenters. The van der Waals surface area contributed by atoms with Gasteiger partial charge in [0, 0.05) is 17.2 Å². The van der Waals surface area contributed by atoms with Crippen LogP contribution in [0.5, 0.6) is 5.75 Å². The molecule has 0 aliphatic carbocycles. The maximum atomic E-state index is 12.2. The van der Waals surface area contributed by atoms with Crippen molar-refractivity contribution in [3.05, 3.63) is 24.8 Å². The van der Waals surface area contributed by atoms with Gasteiger partial charge in [0.1, 0.15) is 5.75 Å². The molecular formula is C13H15I2NO4. The van der Waals surface area contributed by atoms with Crippen LogP contribution in [0.2, 0.25) is 0 Å². The molecule has 0 bridgehead atoms. The summed E-state index contributed by atoms with van der Waals surface area (Å²) in [5.41, 5.74) is 0.243. The number of hydrogen-bond acceptors (Lipinski definition) is 4. The number of nitrogens with zero attached hydrogens (tertiary/aromatic N) is 1. The molecule has 1 aromatic rings. The van der Waals surface area contributed by atoms with Crippen molar-refractivity contribution in [1.82, 2.24) is 4.90 Å². The number of carbonyl (C=O) groups is 2. The number of amides is 1. The molecule has 0 heterocycles. The van der Waals surface area contributed by atoms with Crippen molar-refractivity contribution in [2.45, 2.75) is 13.3 Å². The van der Waals surface area contributed by atoms with E-state index in [1.165, 1.54) is 4.90 Å². The first-order valence-electron chi connectivity index (χ1n) is 5.96. The summed E-state index contributed by atoms with van der Waals surface area (Å²) in [4.78, 5) is 24.9. The number of phenolic OH excluding ortho intramolecular Hbond substituents is 1. The number of aromatic hydroxyl groups is 1. The van der Waals surface area contributed by atoms with Gasteiger partial charge in [-0.25, -0.2) is 0 Å². The van der Waals surface area contributed by atoms with Gasteiger partial charge in [-0.1, -0.05) is 0 Å². The third kappa shape index (κ3) is 4.76. The molecule has 20 heavy (non-hydrogen) atoms. The second-order valence-electron chi connectivity index (χ2n) is 4.07. The molecule has 0 aromatic heterocycles. The van der Waals surface area contributed by atoms with Gasteiger partial charge >= 0.3 is 5.97 Å². The van der Waals surface area contributed by atoms with E-state index in [9.17, 15) is 14.7 Å². The summed E-state index contributed by atoms with van der Waals surface area (Å²) in [6.07, 6.45) is 0.137. The van der Waals surface area contributed by atoms with Crippen molar-refractivity contribution in [2.24, 2.45) is 0 Å². The smallest absolute Gasteiger partial charge is 0.307 e. The molecule has 0 spiro atoms. The molecule has 0 saturated heterocycles. The number of hydrogen-bond donors (Lipinski definition) is 1. The second-order valence-corrected chi connectivity index (χ2v) is 6.47. The summed E-state index contributed by atoms with van der Waals surface area (Å²) in [7, 11) is 1.59. The number of rotatable bonds is 5. The summed E-state index contributed by atoms with van der Waals surface area (Å²) >= 11 is 4.06. The lowest BCUT2D eigenvalue weighted by molar-refractivity contribution is -0.143. The van der Waals surface area contributed by atoms with Gasteiger partial charge < -0.3 is 14.7 Å². The van der Waals surface area contributed by atoms with Gasteiger partial charge in [0.2, 0.25) is 0 Å². The molecular weight excluding hydrogens is 488 g/mol. The Balaban J connectivity index is 2.77. The maximum absolute atomic E-state index is 12.2. The van der Waals surface area contributed by atoms with Crippen LogP contribution in [0.4, 0.5) is 0 Å². The summed E-state index contributed by atoms with van der Waals surface area (Å²) in [5.74, 6) is -0.684. The quantitative estimate of drug-likeness (QED) is 0.496. The zero-order valence-electron chi connectivity index (χ0n) is 11.2. The van der Waals surface area contributed by atoms with E-state index < -0.39 is 0 Å². The van der Waals surface area contributed by atoms with Crippen LogP contribution in [-0.4, -0.2) is 42.1 Å². The van der Waals surface area contributed by atoms with Gasteiger partial charge in [-0.2, -0.15) is 0 Å². The average Bonchev–Trinajstić information content (AvgIpc) is 2.39. The molecule has 0 atom stereocenters. The Morgan fingerprint density at radius 2 is 2.00 bits per heavy atom. The van der Waals surface area contributed by atoms with E-state index in [0.29, 0.717) is 10.2 Å². The highest BCUT2D eigenvalue weighted by atomic mass is 127. The lowest BCUT2D eigenvalue weighted by Crippen LogP contribution is -2.29. The topological polar surface area (TPSA) is 66.8 Å². The predicted octanol–water partition coefficient (Wildman–Crippen LogP) is 2.63. The van der Waals surface area contributed by atoms with E-state index in [1.807, 2.05) is 22.6 Å². The minimum atomic E-state index is -0.339. The van der Waals surface area contributed by atoms with Gasteiger partial charge in [-0.15, -0.1) is 0 Å². The van der Waals surface area contributed by atoms with Gasteiger partial charge in [0.25, 0.3) is 5.91 Å².